The topological polar surface area (TPSA) is 68.7 Å². The maximum absolute atomic E-state index is 11.3. The summed E-state index contributed by atoms with van der Waals surface area (Å²) < 4.78 is 20.9. The number of pyridine rings is 1. The Labute approximate surface area is 128 Å². The second-order valence-electron chi connectivity index (χ2n) is 5.52. The average molecular weight is 317 g/mol. The minimum absolute atomic E-state index is 0.271. The van der Waals surface area contributed by atoms with E-state index in [1.807, 2.05) is 45.9 Å². The highest BCUT2D eigenvalue weighted by Gasteiger charge is 2.20. The van der Waals surface area contributed by atoms with Crippen LogP contribution in [0.1, 0.15) is 40.5 Å². The molecule has 0 amide bonds. The number of hydrogen-bond acceptors (Lipinski definition) is 4. The zero-order valence-electron chi connectivity index (χ0n) is 13.4. The molecule has 0 aromatic carbocycles. The first-order valence-electron chi connectivity index (χ1n) is 7.30. The Hall–Kier alpha value is -0.740. The summed E-state index contributed by atoms with van der Waals surface area (Å²) in [6.45, 7) is 8.67. The fourth-order valence-corrected chi connectivity index (χ4v) is 1.90. The standard InChI is InChI=1S/C10H23O4P.C5H5N/c1-9(2)5-7-13-15(11,12)14-8-6-10(3)4;1-2-4-6-5-3-1/h9-10H,5-8H2,1-4H3,(H,11,12);1-5H. The second-order valence-corrected chi connectivity index (χ2v) is 6.98. The molecule has 1 heterocycles. The van der Waals surface area contributed by atoms with Gasteiger partial charge in [-0.2, -0.15) is 0 Å². The van der Waals surface area contributed by atoms with Crippen molar-refractivity contribution in [1.82, 2.24) is 4.98 Å². The molecule has 0 spiro atoms. The molecule has 0 aliphatic rings. The van der Waals surface area contributed by atoms with Crippen molar-refractivity contribution in [3.8, 4) is 0 Å². The Bertz CT molecular complexity index is 340. The predicted octanol–water partition coefficient (Wildman–Crippen LogP) is 4.29. The lowest BCUT2D eigenvalue weighted by Crippen LogP contribution is -2.02. The maximum Gasteiger partial charge on any atom is 0.472 e. The van der Waals surface area contributed by atoms with Crippen LogP contribution in [0, 0.1) is 11.8 Å². The van der Waals surface area contributed by atoms with E-state index in [1.54, 1.807) is 12.4 Å². The third kappa shape index (κ3) is 15.5. The highest BCUT2D eigenvalue weighted by Crippen LogP contribution is 2.43. The highest BCUT2D eigenvalue weighted by molar-refractivity contribution is 7.47. The lowest BCUT2D eigenvalue weighted by Gasteiger charge is -2.13. The van der Waals surface area contributed by atoms with Crippen molar-refractivity contribution in [1.29, 1.82) is 0 Å². The van der Waals surface area contributed by atoms with Gasteiger partial charge in [0.25, 0.3) is 0 Å². The zero-order chi connectivity index (χ0) is 16.1. The second kappa shape index (κ2) is 11.9. The van der Waals surface area contributed by atoms with E-state index >= 15 is 0 Å². The van der Waals surface area contributed by atoms with E-state index in [1.165, 1.54) is 0 Å². The van der Waals surface area contributed by atoms with Gasteiger partial charge in [-0.1, -0.05) is 33.8 Å². The van der Waals surface area contributed by atoms with Gasteiger partial charge in [0.1, 0.15) is 0 Å². The molecular weight excluding hydrogens is 289 g/mol. The Kier molecular flexibility index (Phi) is 11.5. The van der Waals surface area contributed by atoms with Crippen molar-refractivity contribution in [2.45, 2.75) is 40.5 Å². The summed E-state index contributed by atoms with van der Waals surface area (Å²) in [5.74, 6) is 0.918. The van der Waals surface area contributed by atoms with Crippen LogP contribution < -0.4 is 0 Å². The lowest BCUT2D eigenvalue weighted by atomic mass is 10.2. The third-order valence-corrected chi connectivity index (χ3v) is 3.48. The molecule has 0 saturated carbocycles. The molecule has 0 radical (unpaired) electrons. The van der Waals surface area contributed by atoms with Crippen LogP contribution >= 0.6 is 7.82 Å². The van der Waals surface area contributed by atoms with Crippen LogP contribution in [0.2, 0.25) is 0 Å². The van der Waals surface area contributed by atoms with Crippen LogP contribution in [0.15, 0.2) is 30.6 Å². The molecule has 0 saturated heterocycles. The molecule has 0 bridgehead atoms. The first-order valence-corrected chi connectivity index (χ1v) is 8.80. The molecule has 21 heavy (non-hydrogen) atoms. The van der Waals surface area contributed by atoms with E-state index in [-0.39, 0.29) is 13.2 Å². The van der Waals surface area contributed by atoms with Crippen molar-refractivity contribution in [2.75, 3.05) is 13.2 Å². The molecule has 0 aliphatic heterocycles. The van der Waals surface area contributed by atoms with Crippen molar-refractivity contribution >= 4 is 7.82 Å². The number of phosphoric acid groups is 1. The Morgan fingerprint density at radius 2 is 1.38 bits per heavy atom. The number of nitrogens with zero attached hydrogens (tertiary/aromatic N) is 1. The molecule has 122 valence electrons. The van der Waals surface area contributed by atoms with E-state index in [0.717, 1.165) is 12.8 Å². The highest BCUT2D eigenvalue weighted by atomic mass is 31.2. The molecule has 1 N–H and O–H groups in total. The Morgan fingerprint density at radius 3 is 1.62 bits per heavy atom. The number of hydrogen-bond donors (Lipinski definition) is 1. The number of phosphoric ester groups is 1. The van der Waals surface area contributed by atoms with Crippen LogP contribution in [0.25, 0.3) is 0 Å². The van der Waals surface area contributed by atoms with E-state index < -0.39 is 7.82 Å². The molecule has 1 rings (SSSR count). The summed E-state index contributed by atoms with van der Waals surface area (Å²) >= 11 is 0. The van der Waals surface area contributed by atoms with Gasteiger partial charge in [-0.25, -0.2) is 4.57 Å². The van der Waals surface area contributed by atoms with Crippen molar-refractivity contribution in [3.05, 3.63) is 30.6 Å². The van der Waals surface area contributed by atoms with Crippen LogP contribution in [-0.4, -0.2) is 23.1 Å². The summed E-state index contributed by atoms with van der Waals surface area (Å²) in [6, 6.07) is 5.72. The van der Waals surface area contributed by atoms with E-state index in [9.17, 15) is 9.46 Å². The summed E-state index contributed by atoms with van der Waals surface area (Å²) in [7, 11) is -3.80. The van der Waals surface area contributed by atoms with Gasteiger partial charge >= 0.3 is 7.82 Å². The van der Waals surface area contributed by atoms with Crippen LogP contribution in [0.5, 0.6) is 0 Å². The predicted molar refractivity (Wildman–Crippen MR) is 84.9 cm³/mol. The Morgan fingerprint density at radius 1 is 0.952 bits per heavy atom. The summed E-state index contributed by atoms with van der Waals surface area (Å²) in [6.07, 6.45) is 5.02. The van der Waals surface area contributed by atoms with Gasteiger partial charge in [-0.3, -0.25) is 14.0 Å². The van der Waals surface area contributed by atoms with E-state index in [2.05, 4.69) is 4.98 Å². The molecule has 0 unspecified atom stereocenters. The summed E-state index contributed by atoms with van der Waals surface area (Å²) in [5.41, 5.74) is 0. The van der Waals surface area contributed by atoms with Crippen LogP contribution in [-0.2, 0) is 13.6 Å². The molecule has 1 aromatic rings. The maximum atomic E-state index is 11.3. The van der Waals surface area contributed by atoms with Gasteiger partial charge < -0.3 is 4.89 Å². The van der Waals surface area contributed by atoms with Gasteiger partial charge in [0.15, 0.2) is 0 Å². The number of rotatable bonds is 8. The van der Waals surface area contributed by atoms with Gasteiger partial charge in [-0.05, 0) is 36.8 Å². The average Bonchev–Trinajstić information content (AvgIpc) is 2.40. The molecule has 1 aromatic heterocycles. The van der Waals surface area contributed by atoms with Crippen molar-refractivity contribution < 1.29 is 18.5 Å². The molecule has 6 heteroatoms. The summed E-state index contributed by atoms with van der Waals surface area (Å²) in [4.78, 5) is 13.0. The minimum atomic E-state index is -3.80. The number of aromatic nitrogens is 1. The Balaban J connectivity index is 0.000000547. The van der Waals surface area contributed by atoms with Crippen LogP contribution in [0.4, 0.5) is 0 Å². The minimum Gasteiger partial charge on any atom is -0.302 e. The van der Waals surface area contributed by atoms with Gasteiger partial charge in [0, 0.05) is 12.4 Å². The molecule has 0 fully saturated rings. The largest absolute Gasteiger partial charge is 0.472 e. The quantitative estimate of drug-likeness (QED) is 0.724. The smallest absolute Gasteiger partial charge is 0.302 e. The fraction of sp³-hybridized carbons (Fsp3) is 0.667. The molecule has 0 aliphatic carbocycles. The first kappa shape index (κ1) is 20.3. The molecular formula is C15H28NO4P. The molecule has 0 atom stereocenters. The first-order chi connectivity index (χ1) is 9.83. The summed E-state index contributed by atoms with van der Waals surface area (Å²) in [5, 5.41) is 0. The lowest BCUT2D eigenvalue weighted by molar-refractivity contribution is 0.139. The third-order valence-electron chi connectivity index (χ3n) is 2.47. The zero-order valence-corrected chi connectivity index (χ0v) is 14.3. The van der Waals surface area contributed by atoms with Crippen molar-refractivity contribution in [2.24, 2.45) is 11.8 Å². The normalized spacial score (nSPS) is 11.4. The fourth-order valence-electron chi connectivity index (χ4n) is 1.16. The SMILES string of the molecule is CC(C)CCOP(=O)(O)OCCC(C)C.c1ccncc1. The van der Waals surface area contributed by atoms with Gasteiger partial charge in [0.05, 0.1) is 13.2 Å². The van der Waals surface area contributed by atoms with Crippen LogP contribution in [0.3, 0.4) is 0 Å². The van der Waals surface area contributed by atoms with Gasteiger partial charge in [-0.15, -0.1) is 0 Å². The van der Waals surface area contributed by atoms with E-state index in [4.69, 9.17) is 9.05 Å². The van der Waals surface area contributed by atoms with E-state index in [0.29, 0.717) is 11.8 Å². The van der Waals surface area contributed by atoms with Gasteiger partial charge in [0.2, 0.25) is 0 Å². The van der Waals surface area contributed by atoms with Crippen molar-refractivity contribution in [3.63, 3.8) is 0 Å². The molecule has 5 nitrogen and oxygen atoms in total. The monoisotopic (exact) mass is 317 g/mol.